The minimum Gasteiger partial charge on any atom is -0.493 e. The Morgan fingerprint density at radius 2 is 1.95 bits per heavy atom. The SMILES string of the molecule is CCCNCCCCOc1cc(C(C)C)ccc1C. The molecule has 2 nitrogen and oxygen atoms in total. The fourth-order valence-electron chi connectivity index (χ4n) is 1.97. The van der Waals surface area contributed by atoms with Gasteiger partial charge in [0.05, 0.1) is 6.61 Å². The number of unbranched alkanes of at least 4 members (excludes halogenated alkanes) is 1. The summed E-state index contributed by atoms with van der Waals surface area (Å²) in [6.07, 6.45) is 3.50. The molecule has 1 N–H and O–H groups in total. The van der Waals surface area contributed by atoms with Crippen LogP contribution < -0.4 is 10.1 Å². The molecule has 0 radical (unpaired) electrons. The third kappa shape index (κ3) is 6.11. The standard InChI is InChI=1S/C17H29NO/c1-5-10-18-11-6-7-12-19-17-13-16(14(2)3)9-8-15(17)4/h8-9,13-14,18H,5-7,10-12H2,1-4H3. The molecule has 0 amide bonds. The summed E-state index contributed by atoms with van der Waals surface area (Å²) in [5.74, 6) is 1.61. The number of nitrogens with one attached hydrogen (secondary N) is 1. The lowest BCUT2D eigenvalue weighted by Gasteiger charge is -2.13. The van der Waals surface area contributed by atoms with Gasteiger partial charge in [0, 0.05) is 0 Å². The van der Waals surface area contributed by atoms with E-state index >= 15 is 0 Å². The van der Waals surface area contributed by atoms with Crippen LogP contribution in [-0.4, -0.2) is 19.7 Å². The Bertz CT molecular complexity index is 360. The molecule has 0 fully saturated rings. The van der Waals surface area contributed by atoms with Crippen molar-refractivity contribution in [1.29, 1.82) is 0 Å². The topological polar surface area (TPSA) is 21.3 Å². The second-order valence-corrected chi connectivity index (χ2v) is 5.49. The van der Waals surface area contributed by atoms with Crippen molar-refractivity contribution in [2.45, 2.75) is 52.9 Å². The lowest BCUT2D eigenvalue weighted by atomic mass is 10.0. The van der Waals surface area contributed by atoms with Gasteiger partial charge in [-0.05, 0) is 62.4 Å². The van der Waals surface area contributed by atoms with E-state index in [4.69, 9.17) is 4.74 Å². The monoisotopic (exact) mass is 263 g/mol. The summed E-state index contributed by atoms with van der Waals surface area (Å²) < 4.78 is 5.91. The van der Waals surface area contributed by atoms with E-state index in [1.807, 2.05) is 0 Å². The Morgan fingerprint density at radius 1 is 1.16 bits per heavy atom. The molecular formula is C17H29NO. The maximum Gasteiger partial charge on any atom is 0.122 e. The molecule has 1 aromatic rings. The van der Waals surface area contributed by atoms with E-state index in [2.05, 4.69) is 51.2 Å². The van der Waals surface area contributed by atoms with E-state index in [-0.39, 0.29) is 0 Å². The van der Waals surface area contributed by atoms with Crippen LogP contribution in [0.5, 0.6) is 5.75 Å². The van der Waals surface area contributed by atoms with E-state index in [0.717, 1.165) is 31.9 Å². The molecule has 0 unspecified atom stereocenters. The van der Waals surface area contributed by atoms with Gasteiger partial charge in [-0.15, -0.1) is 0 Å². The highest BCUT2D eigenvalue weighted by molar-refractivity contribution is 5.37. The first-order chi connectivity index (χ1) is 9.15. The van der Waals surface area contributed by atoms with Crippen molar-refractivity contribution < 1.29 is 4.74 Å². The van der Waals surface area contributed by atoms with Crippen molar-refractivity contribution in [2.75, 3.05) is 19.7 Å². The Kier molecular flexibility index (Phi) is 7.57. The summed E-state index contributed by atoms with van der Waals surface area (Å²) in [6, 6.07) is 6.55. The second kappa shape index (κ2) is 8.98. The summed E-state index contributed by atoms with van der Waals surface area (Å²) >= 11 is 0. The number of hydrogen-bond donors (Lipinski definition) is 1. The quantitative estimate of drug-likeness (QED) is 0.672. The van der Waals surface area contributed by atoms with Crippen LogP contribution >= 0.6 is 0 Å². The van der Waals surface area contributed by atoms with Crippen molar-refractivity contribution in [3.63, 3.8) is 0 Å². The Morgan fingerprint density at radius 3 is 2.63 bits per heavy atom. The summed E-state index contributed by atoms with van der Waals surface area (Å²) in [4.78, 5) is 0. The van der Waals surface area contributed by atoms with Gasteiger partial charge >= 0.3 is 0 Å². The Hall–Kier alpha value is -1.02. The molecule has 0 aliphatic carbocycles. The van der Waals surface area contributed by atoms with Crippen LogP contribution in [0.4, 0.5) is 0 Å². The number of hydrogen-bond acceptors (Lipinski definition) is 2. The Labute approximate surface area is 118 Å². The fraction of sp³-hybridized carbons (Fsp3) is 0.647. The average molecular weight is 263 g/mol. The van der Waals surface area contributed by atoms with Crippen LogP contribution in [0, 0.1) is 6.92 Å². The molecule has 2 heteroatoms. The van der Waals surface area contributed by atoms with Gasteiger partial charge in [0.15, 0.2) is 0 Å². The first kappa shape index (κ1) is 16.0. The number of benzene rings is 1. The molecule has 0 atom stereocenters. The number of aryl methyl sites for hydroxylation is 1. The lowest BCUT2D eigenvalue weighted by Crippen LogP contribution is -2.16. The van der Waals surface area contributed by atoms with Gasteiger partial charge in [0.1, 0.15) is 5.75 Å². The first-order valence-electron chi connectivity index (χ1n) is 7.59. The molecule has 0 spiro atoms. The predicted molar refractivity (Wildman–Crippen MR) is 83.2 cm³/mol. The maximum absolute atomic E-state index is 5.91. The average Bonchev–Trinajstić information content (AvgIpc) is 2.39. The van der Waals surface area contributed by atoms with Crippen molar-refractivity contribution in [3.8, 4) is 5.75 Å². The summed E-state index contributed by atoms with van der Waals surface area (Å²) in [6.45, 7) is 11.8. The molecule has 108 valence electrons. The molecule has 1 aromatic carbocycles. The Balaban J connectivity index is 2.30. The molecular weight excluding hydrogens is 234 g/mol. The predicted octanol–water partition coefficient (Wildman–Crippen LogP) is 4.28. The van der Waals surface area contributed by atoms with Crippen LogP contribution in [0.15, 0.2) is 18.2 Å². The molecule has 0 heterocycles. The van der Waals surface area contributed by atoms with Gasteiger partial charge in [-0.3, -0.25) is 0 Å². The third-order valence-corrected chi connectivity index (χ3v) is 3.31. The van der Waals surface area contributed by atoms with Crippen LogP contribution in [0.1, 0.15) is 57.1 Å². The van der Waals surface area contributed by atoms with Gasteiger partial charge < -0.3 is 10.1 Å². The minimum atomic E-state index is 0.557. The minimum absolute atomic E-state index is 0.557. The van der Waals surface area contributed by atoms with Gasteiger partial charge in [-0.2, -0.15) is 0 Å². The maximum atomic E-state index is 5.91. The molecule has 0 aliphatic rings. The number of ether oxygens (including phenoxy) is 1. The van der Waals surface area contributed by atoms with E-state index in [9.17, 15) is 0 Å². The summed E-state index contributed by atoms with van der Waals surface area (Å²) in [7, 11) is 0. The molecule has 0 saturated heterocycles. The van der Waals surface area contributed by atoms with Gasteiger partial charge in [0.2, 0.25) is 0 Å². The highest BCUT2D eigenvalue weighted by Gasteiger charge is 2.04. The van der Waals surface area contributed by atoms with Crippen molar-refractivity contribution in [1.82, 2.24) is 5.32 Å². The first-order valence-corrected chi connectivity index (χ1v) is 7.59. The van der Waals surface area contributed by atoms with Crippen molar-refractivity contribution in [3.05, 3.63) is 29.3 Å². The van der Waals surface area contributed by atoms with Crippen LogP contribution in [0.25, 0.3) is 0 Å². The zero-order valence-corrected chi connectivity index (χ0v) is 13.0. The van der Waals surface area contributed by atoms with Crippen molar-refractivity contribution in [2.24, 2.45) is 0 Å². The molecule has 19 heavy (non-hydrogen) atoms. The van der Waals surface area contributed by atoms with Crippen LogP contribution in [0.3, 0.4) is 0 Å². The summed E-state index contributed by atoms with van der Waals surface area (Å²) in [5, 5.41) is 3.41. The molecule has 1 rings (SSSR count). The molecule has 0 saturated carbocycles. The molecule has 0 bridgehead atoms. The smallest absolute Gasteiger partial charge is 0.122 e. The van der Waals surface area contributed by atoms with E-state index in [1.54, 1.807) is 0 Å². The van der Waals surface area contributed by atoms with Crippen LogP contribution in [0.2, 0.25) is 0 Å². The second-order valence-electron chi connectivity index (χ2n) is 5.49. The summed E-state index contributed by atoms with van der Waals surface area (Å²) in [5.41, 5.74) is 2.58. The molecule has 0 aliphatic heterocycles. The largest absolute Gasteiger partial charge is 0.493 e. The van der Waals surface area contributed by atoms with E-state index < -0.39 is 0 Å². The number of rotatable bonds is 9. The molecule has 0 aromatic heterocycles. The highest BCUT2D eigenvalue weighted by Crippen LogP contribution is 2.24. The lowest BCUT2D eigenvalue weighted by molar-refractivity contribution is 0.303. The van der Waals surface area contributed by atoms with E-state index in [1.165, 1.54) is 24.0 Å². The fourth-order valence-corrected chi connectivity index (χ4v) is 1.97. The van der Waals surface area contributed by atoms with Gasteiger partial charge in [-0.25, -0.2) is 0 Å². The van der Waals surface area contributed by atoms with Gasteiger partial charge in [0.25, 0.3) is 0 Å². The zero-order chi connectivity index (χ0) is 14.1. The van der Waals surface area contributed by atoms with Crippen LogP contribution in [-0.2, 0) is 0 Å². The van der Waals surface area contributed by atoms with Crippen molar-refractivity contribution >= 4 is 0 Å². The zero-order valence-electron chi connectivity index (χ0n) is 13.0. The third-order valence-electron chi connectivity index (χ3n) is 3.31. The van der Waals surface area contributed by atoms with Gasteiger partial charge in [-0.1, -0.05) is 32.9 Å². The normalized spacial score (nSPS) is 11.0. The van der Waals surface area contributed by atoms with E-state index in [0.29, 0.717) is 5.92 Å². The highest BCUT2D eigenvalue weighted by atomic mass is 16.5.